The van der Waals surface area contributed by atoms with Gasteiger partial charge in [0.1, 0.15) is 5.75 Å². The SMILES string of the molecule is CNCC1(c2cccc(OC)c2)CCC(C)CC1. The summed E-state index contributed by atoms with van der Waals surface area (Å²) in [5, 5.41) is 3.39. The molecule has 1 aromatic rings. The molecule has 2 heteroatoms. The predicted molar refractivity (Wildman–Crippen MR) is 76.2 cm³/mol. The van der Waals surface area contributed by atoms with Crippen molar-refractivity contribution < 1.29 is 4.74 Å². The Balaban J connectivity index is 2.28. The third kappa shape index (κ3) is 2.69. The first-order chi connectivity index (χ1) is 8.70. The first-order valence-corrected chi connectivity index (χ1v) is 6.99. The van der Waals surface area contributed by atoms with E-state index in [2.05, 4.69) is 37.5 Å². The van der Waals surface area contributed by atoms with Gasteiger partial charge in [-0.15, -0.1) is 0 Å². The number of hydrogen-bond acceptors (Lipinski definition) is 2. The molecule has 1 fully saturated rings. The van der Waals surface area contributed by atoms with Crippen LogP contribution in [0.4, 0.5) is 0 Å². The summed E-state index contributed by atoms with van der Waals surface area (Å²) in [5.41, 5.74) is 1.73. The van der Waals surface area contributed by atoms with E-state index in [0.29, 0.717) is 5.41 Å². The van der Waals surface area contributed by atoms with Crippen molar-refractivity contribution in [2.75, 3.05) is 20.7 Å². The number of benzene rings is 1. The fourth-order valence-electron chi connectivity index (χ4n) is 3.17. The van der Waals surface area contributed by atoms with Crippen LogP contribution in [0, 0.1) is 5.92 Å². The number of likely N-dealkylation sites (N-methyl/N-ethyl adjacent to an activating group) is 1. The van der Waals surface area contributed by atoms with Gasteiger partial charge in [0.25, 0.3) is 0 Å². The van der Waals surface area contributed by atoms with E-state index in [-0.39, 0.29) is 0 Å². The van der Waals surface area contributed by atoms with Crippen molar-refractivity contribution in [3.63, 3.8) is 0 Å². The zero-order valence-electron chi connectivity index (χ0n) is 11.8. The van der Waals surface area contributed by atoms with Crippen LogP contribution in [0.15, 0.2) is 24.3 Å². The molecule has 0 amide bonds. The van der Waals surface area contributed by atoms with E-state index >= 15 is 0 Å². The molecule has 1 aliphatic rings. The van der Waals surface area contributed by atoms with Crippen LogP contribution >= 0.6 is 0 Å². The van der Waals surface area contributed by atoms with E-state index in [4.69, 9.17) is 4.74 Å². The largest absolute Gasteiger partial charge is 0.497 e. The standard InChI is InChI=1S/C16H25NO/c1-13-7-9-16(10-8-13,12-17-2)14-5-4-6-15(11-14)18-3/h4-6,11,13,17H,7-10,12H2,1-3H3. The molecular weight excluding hydrogens is 222 g/mol. The lowest BCUT2D eigenvalue weighted by atomic mass is 9.67. The molecule has 0 spiro atoms. The zero-order chi connectivity index (χ0) is 13.0. The van der Waals surface area contributed by atoms with Gasteiger partial charge >= 0.3 is 0 Å². The monoisotopic (exact) mass is 247 g/mol. The number of rotatable bonds is 4. The summed E-state index contributed by atoms with van der Waals surface area (Å²) in [6, 6.07) is 8.62. The number of ether oxygens (including phenoxy) is 1. The second-order valence-electron chi connectivity index (χ2n) is 5.73. The summed E-state index contributed by atoms with van der Waals surface area (Å²) in [4.78, 5) is 0. The molecule has 1 aromatic carbocycles. The van der Waals surface area contributed by atoms with Gasteiger partial charge < -0.3 is 10.1 Å². The highest BCUT2D eigenvalue weighted by Crippen LogP contribution is 2.41. The molecule has 100 valence electrons. The van der Waals surface area contributed by atoms with Crippen molar-refractivity contribution in [2.45, 2.75) is 38.0 Å². The molecule has 18 heavy (non-hydrogen) atoms. The van der Waals surface area contributed by atoms with Crippen molar-refractivity contribution in [2.24, 2.45) is 5.92 Å². The molecular formula is C16H25NO. The van der Waals surface area contributed by atoms with E-state index in [1.807, 2.05) is 6.07 Å². The summed E-state index contributed by atoms with van der Waals surface area (Å²) < 4.78 is 5.37. The quantitative estimate of drug-likeness (QED) is 0.881. The van der Waals surface area contributed by atoms with E-state index < -0.39 is 0 Å². The van der Waals surface area contributed by atoms with Gasteiger partial charge in [0, 0.05) is 12.0 Å². The highest BCUT2D eigenvalue weighted by Gasteiger charge is 2.35. The molecule has 0 aliphatic heterocycles. The second kappa shape index (κ2) is 5.75. The van der Waals surface area contributed by atoms with Gasteiger partial charge in [-0.3, -0.25) is 0 Å². The van der Waals surface area contributed by atoms with Gasteiger partial charge in [-0.1, -0.05) is 19.1 Å². The smallest absolute Gasteiger partial charge is 0.119 e. The summed E-state index contributed by atoms with van der Waals surface area (Å²) in [6.07, 6.45) is 5.22. The minimum atomic E-state index is 0.301. The van der Waals surface area contributed by atoms with E-state index in [0.717, 1.165) is 18.2 Å². The molecule has 0 aromatic heterocycles. The van der Waals surface area contributed by atoms with Crippen LogP contribution in [0.3, 0.4) is 0 Å². The van der Waals surface area contributed by atoms with Crippen LogP contribution in [-0.2, 0) is 5.41 Å². The highest BCUT2D eigenvalue weighted by molar-refractivity contribution is 5.34. The molecule has 0 saturated heterocycles. The Morgan fingerprint density at radius 3 is 2.67 bits per heavy atom. The van der Waals surface area contributed by atoms with Crippen molar-refractivity contribution in [3.8, 4) is 5.75 Å². The van der Waals surface area contributed by atoms with Crippen molar-refractivity contribution in [3.05, 3.63) is 29.8 Å². The van der Waals surface area contributed by atoms with Crippen molar-refractivity contribution in [1.29, 1.82) is 0 Å². The Labute approximate surface area is 111 Å². The van der Waals surface area contributed by atoms with E-state index in [1.54, 1.807) is 7.11 Å². The van der Waals surface area contributed by atoms with Crippen molar-refractivity contribution >= 4 is 0 Å². The first kappa shape index (κ1) is 13.4. The molecule has 2 nitrogen and oxygen atoms in total. The average molecular weight is 247 g/mol. The number of methoxy groups -OCH3 is 1. The van der Waals surface area contributed by atoms with Crippen LogP contribution in [0.2, 0.25) is 0 Å². The fourth-order valence-corrected chi connectivity index (χ4v) is 3.17. The topological polar surface area (TPSA) is 21.3 Å². The highest BCUT2D eigenvalue weighted by atomic mass is 16.5. The Morgan fingerprint density at radius 1 is 1.33 bits per heavy atom. The van der Waals surface area contributed by atoms with Crippen LogP contribution in [0.5, 0.6) is 5.75 Å². The van der Waals surface area contributed by atoms with Crippen molar-refractivity contribution in [1.82, 2.24) is 5.32 Å². The lowest BCUT2D eigenvalue weighted by Crippen LogP contribution is -2.40. The Kier molecular flexibility index (Phi) is 4.28. The normalized spacial score (nSPS) is 28.1. The van der Waals surface area contributed by atoms with Gasteiger partial charge in [-0.25, -0.2) is 0 Å². The Hall–Kier alpha value is -1.02. The third-order valence-electron chi connectivity index (χ3n) is 4.43. The van der Waals surface area contributed by atoms with Gasteiger partial charge in [0.2, 0.25) is 0 Å². The average Bonchev–Trinajstić information content (AvgIpc) is 2.42. The summed E-state index contributed by atoms with van der Waals surface area (Å²) in [5.74, 6) is 1.85. The molecule has 0 bridgehead atoms. The zero-order valence-corrected chi connectivity index (χ0v) is 11.8. The molecule has 0 atom stereocenters. The van der Waals surface area contributed by atoms with Gasteiger partial charge in [0.05, 0.1) is 7.11 Å². The van der Waals surface area contributed by atoms with Gasteiger partial charge in [-0.05, 0) is 56.3 Å². The Bertz CT molecular complexity index is 380. The number of nitrogens with one attached hydrogen (secondary N) is 1. The maximum absolute atomic E-state index is 5.37. The van der Waals surface area contributed by atoms with Crippen LogP contribution < -0.4 is 10.1 Å². The minimum Gasteiger partial charge on any atom is -0.497 e. The molecule has 0 unspecified atom stereocenters. The molecule has 1 N–H and O–H groups in total. The summed E-state index contributed by atoms with van der Waals surface area (Å²) in [7, 11) is 3.80. The fraction of sp³-hybridized carbons (Fsp3) is 0.625. The molecule has 2 rings (SSSR count). The number of hydrogen-bond donors (Lipinski definition) is 1. The third-order valence-corrected chi connectivity index (χ3v) is 4.43. The first-order valence-electron chi connectivity index (χ1n) is 6.99. The van der Waals surface area contributed by atoms with Gasteiger partial charge in [-0.2, -0.15) is 0 Å². The molecule has 1 saturated carbocycles. The maximum atomic E-state index is 5.37. The van der Waals surface area contributed by atoms with Crippen LogP contribution in [0.1, 0.15) is 38.2 Å². The molecule has 0 heterocycles. The lowest BCUT2D eigenvalue weighted by molar-refractivity contribution is 0.237. The molecule has 0 radical (unpaired) electrons. The summed E-state index contributed by atoms with van der Waals surface area (Å²) in [6.45, 7) is 3.43. The second-order valence-corrected chi connectivity index (χ2v) is 5.73. The predicted octanol–water partition coefficient (Wildman–Crippen LogP) is 3.36. The lowest BCUT2D eigenvalue weighted by Gasteiger charge is -2.40. The minimum absolute atomic E-state index is 0.301. The van der Waals surface area contributed by atoms with Crippen LogP contribution in [0.25, 0.3) is 0 Å². The van der Waals surface area contributed by atoms with Crippen LogP contribution in [-0.4, -0.2) is 20.7 Å². The van der Waals surface area contributed by atoms with E-state index in [1.165, 1.54) is 31.2 Å². The van der Waals surface area contributed by atoms with E-state index in [9.17, 15) is 0 Å². The van der Waals surface area contributed by atoms with Gasteiger partial charge in [0.15, 0.2) is 0 Å². The maximum Gasteiger partial charge on any atom is 0.119 e. The molecule has 1 aliphatic carbocycles. The Morgan fingerprint density at radius 2 is 2.06 bits per heavy atom. The summed E-state index contributed by atoms with van der Waals surface area (Å²) >= 11 is 0.